The Morgan fingerprint density at radius 2 is 2.11 bits per heavy atom. The molecule has 0 saturated carbocycles. The van der Waals surface area contributed by atoms with Crippen LogP contribution in [0.3, 0.4) is 0 Å². The van der Waals surface area contributed by atoms with Gasteiger partial charge < -0.3 is 9.72 Å². The van der Waals surface area contributed by atoms with E-state index in [9.17, 15) is 18.0 Å². The van der Waals surface area contributed by atoms with Crippen molar-refractivity contribution in [3.05, 3.63) is 34.2 Å². The third-order valence-corrected chi connectivity index (χ3v) is 2.63. The summed E-state index contributed by atoms with van der Waals surface area (Å²) in [5.41, 5.74) is -1.37. The Balaban J connectivity index is 2.63. The lowest BCUT2D eigenvalue weighted by Gasteiger charge is -2.08. The topological polar surface area (TPSA) is 47.0 Å². The normalized spacial score (nSPS) is 12.2. The third-order valence-electron chi connectivity index (χ3n) is 2.63. The van der Waals surface area contributed by atoms with Gasteiger partial charge in [-0.1, -0.05) is 6.07 Å². The van der Waals surface area contributed by atoms with Crippen LogP contribution >= 0.6 is 0 Å². The van der Waals surface area contributed by atoms with Gasteiger partial charge in [0.25, 0.3) is 0 Å². The maximum atomic E-state index is 12.8. The van der Waals surface area contributed by atoms with Gasteiger partial charge in [-0.25, -0.2) is 4.79 Å². The standard InChI is InChI=1S/C11H11F3N2O2/c1-18-6-5-16-8-4-2-3-7(11(12,13)14)9(8)15-10(16)17/h2-4H,5-6H2,1H3,(H,15,17). The maximum absolute atomic E-state index is 12.8. The number of aromatic nitrogens is 2. The van der Waals surface area contributed by atoms with Crippen molar-refractivity contribution in [3.63, 3.8) is 0 Å². The van der Waals surface area contributed by atoms with Crippen LogP contribution in [0.5, 0.6) is 0 Å². The molecule has 18 heavy (non-hydrogen) atoms. The zero-order valence-electron chi connectivity index (χ0n) is 9.54. The second-order valence-electron chi connectivity index (χ2n) is 3.77. The van der Waals surface area contributed by atoms with Crippen molar-refractivity contribution in [3.8, 4) is 0 Å². The molecule has 4 nitrogen and oxygen atoms in total. The Labute approximate surface area is 100.0 Å². The van der Waals surface area contributed by atoms with Gasteiger partial charge in [0.05, 0.1) is 29.7 Å². The molecular formula is C11H11F3N2O2. The first kappa shape index (κ1) is 12.7. The van der Waals surface area contributed by atoms with Crippen molar-refractivity contribution in [2.75, 3.05) is 13.7 Å². The fourth-order valence-electron chi connectivity index (χ4n) is 1.82. The predicted octanol–water partition coefficient (Wildman–Crippen LogP) is 1.99. The van der Waals surface area contributed by atoms with Crippen LogP contribution in [0.15, 0.2) is 23.0 Å². The van der Waals surface area contributed by atoms with Crippen LogP contribution in [-0.2, 0) is 17.5 Å². The summed E-state index contributed by atoms with van der Waals surface area (Å²) in [7, 11) is 1.46. The lowest BCUT2D eigenvalue weighted by atomic mass is 10.2. The van der Waals surface area contributed by atoms with Crippen LogP contribution in [0.4, 0.5) is 13.2 Å². The largest absolute Gasteiger partial charge is 0.418 e. The molecule has 0 aliphatic carbocycles. The fraction of sp³-hybridized carbons (Fsp3) is 0.364. The molecule has 0 saturated heterocycles. The van der Waals surface area contributed by atoms with Crippen LogP contribution < -0.4 is 5.69 Å². The number of fused-ring (bicyclic) bond motifs is 1. The lowest BCUT2D eigenvalue weighted by Crippen LogP contribution is -2.18. The molecule has 0 atom stereocenters. The van der Waals surface area contributed by atoms with Crippen LogP contribution in [0.25, 0.3) is 11.0 Å². The first-order chi connectivity index (χ1) is 8.45. The van der Waals surface area contributed by atoms with Gasteiger partial charge in [-0.15, -0.1) is 0 Å². The minimum atomic E-state index is -4.49. The van der Waals surface area contributed by atoms with E-state index in [4.69, 9.17) is 4.74 Å². The van der Waals surface area contributed by atoms with E-state index in [1.54, 1.807) is 0 Å². The van der Waals surface area contributed by atoms with Crippen LogP contribution in [0, 0.1) is 0 Å². The number of nitrogens with zero attached hydrogens (tertiary/aromatic N) is 1. The van der Waals surface area contributed by atoms with E-state index in [1.165, 1.54) is 23.8 Å². The molecule has 1 N–H and O–H groups in total. The quantitative estimate of drug-likeness (QED) is 0.917. The van der Waals surface area contributed by atoms with Gasteiger partial charge >= 0.3 is 11.9 Å². The molecule has 0 bridgehead atoms. The Morgan fingerprint density at radius 3 is 2.72 bits per heavy atom. The maximum Gasteiger partial charge on any atom is 0.418 e. The molecule has 2 aromatic rings. The van der Waals surface area contributed by atoms with E-state index in [0.717, 1.165) is 6.07 Å². The number of ether oxygens (including phenoxy) is 1. The molecule has 0 radical (unpaired) electrons. The van der Waals surface area contributed by atoms with Gasteiger partial charge in [-0.3, -0.25) is 4.57 Å². The lowest BCUT2D eigenvalue weighted by molar-refractivity contribution is -0.136. The number of nitrogens with one attached hydrogen (secondary N) is 1. The molecule has 98 valence electrons. The minimum Gasteiger partial charge on any atom is -0.383 e. The van der Waals surface area contributed by atoms with Crippen LogP contribution in [0.1, 0.15) is 5.56 Å². The van der Waals surface area contributed by atoms with Gasteiger partial charge in [0.15, 0.2) is 0 Å². The number of benzene rings is 1. The van der Waals surface area contributed by atoms with Gasteiger partial charge in [-0.05, 0) is 12.1 Å². The van der Waals surface area contributed by atoms with E-state index in [1.807, 2.05) is 0 Å². The highest BCUT2D eigenvalue weighted by Crippen LogP contribution is 2.33. The summed E-state index contributed by atoms with van der Waals surface area (Å²) in [5.74, 6) is 0. The predicted molar refractivity (Wildman–Crippen MR) is 59.4 cm³/mol. The highest BCUT2D eigenvalue weighted by atomic mass is 19.4. The molecule has 1 heterocycles. The number of H-pyrrole nitrogens is 1. The van der Waals surface area contributed by atoms with Gasteiger partial charge in [0, 0.05) is 7.11 Å². The SMILES string of the molecule is COCCn1c(=O)[nH]c2c(C(F)(F)F)cccc21. The summed E-state index contributed by atoms with van der Waals surface area (Å²) >= 11 is 0. The highest BCUT2D eigenvalue weighted by molar-refractivity contribution is 5.79. The third kappa shape index (κ3) is 2.13. The molecule has 1 aromatic heterocycles. The zero-order valence-corrected chi connectivity index (χ0v) is 9.54. The summed E-state index contributed by atoms with van der Waals surface area (Å²) < 4.78 is 44.3. The Morgan fingerprint density at radius 1 is 1.39 bits per heavy atom. The summed E-state index contributed by atoms with van der Waals surface area (Å²) in [6.45, 7) is 0.458. The Kier molecular flexibility index (Phi) is 3.16. The molecule has 2 rings (SSSR count). The number of hydrogen-bond acceptors (Lipinski definition) is 2. The first-order valence-electron chi connectivity index (χ1n) is 5.23. The van der Waals surface area contributed by atoms with Crippen LogP contribution in [0.2, 0.25) is 0 Å². The molecule has 0 unspecified atom stereocenters. The van der Waals surface area contributed by atoms with E-state index >= 15 is 0 Å². The van der Waals surface area contributed by atoms with Gasteiger partial charge in [0.1, 0.15) is 0 Å². The average molecular weight is 260 g/mol. The number of imidazole rings is 1. The van der Waals surface area contributed by atoms with Crippen molar-refractivity contribution in [2.45, 2.75) is 12.7 Å². The number of hydrogen-bond donors (Lipinski definition) is 1. The molecule has 0 fully saturated rings. The van der Waals surface area contributed by atoms with Crippen molar-refractivity contribution in [2.24, 2.45) is 0 Å². The second kappa shape index (κ2) is 4.49. The molecule has 0 aliphatic rings. The second-order valence-corrected chi connectivity index (χ2v) is 3.77. The van der Waals surface area contributed by atoms with E-state index in [0.29, 0.717) is 0 Å². The molecule has 7 heteroatoms. The van der Waals surface area contributed by atoms with Crippen LogP contribution in [-0.4, -0.2) is 23.3 Å². The number of halogens is 3. The minimum absolute atomic E-state index is 0.189. The highest BCUT2D eigenvalue weighted by Gasteiger charge is 2.33. The molecule has 0 amide bonds. The van der Waals surface area contributed by atoms with Gasteiger partial charge in [-0.2, -0.15) is 13.2 Å². The summed E-state index contributed by atoms with van der Waals surface area (Å²) in [6.07, 6.45) is -4.49. The van der Waals surface area contributed by atoms with Crippen molar-refractivity contribution >= 4 is 11.0 Å². The molecule has 0 spiro atoms. The fourth-order valence-corrected chi connectivity index (χ4v) is 1.82. The van der Waals surface area contributed by atoms with Crippen molar-refractivity contribution in [1.29, 1.82) is 0 Å². The summed E-state index contributed by atoms with van der Waals surface area (Å²) in [6, 6.07) is 3.69. The van der Waals surface area contributed by atoms with E-state index in [2.05, 4.69) is 4.98 Å². The number of rotatable bonds is 3. The summed E-state index contributed by atoms with van der Waals surface area (Å²) in [4.78, 5) is 13.9. The van der Waals surface area contributed by atoms with Crippen molar-refractivity contribution in [1.82, 2.24) is 9.55 Å². The van der Waals surface area contributed by atoms with Crippen molar-refractivity contribution < 1.29 is 17.9 Å². The molecular weight excluding hydrogens is 249 g/mol. The number of aromatic amines is 1. The van der Waals surface area contributed by atoms with Gasteiger partial charge in [0.2, 0.25) is 0 Å². The number of para-hydroxylation sites is 1. The monoisotopic (exact) mass is 260 g/mol. The average Bonchev–Trinajstić information content (AvgIpc) is 2.60. The zero-order chi connectivity index (χ0) is 13.3. The molecule has 0 aliphatic heterocycles. The Bertz CT molecular complexity index is 613. The van der Waals surface area contributed by atoms with E-state index in [-0.39, 0.29) is 24.2 Å². The number of alkyl halides is 3. The molecule has 1 aromatic carbocycles. The Hall–Kier alpha value is -1.76. The van der Waals surface area contributed by atoms with E-state index < -0.39 is 17.4 Å². The first-order valence-corrected chi connectivity index (χ1v) is 5.23. The number of methoxy groups -OCH3 is 1. The summed E-state index contributed by atoms with van der Waals surface area (Å²) in [5, 5.41) is 0. The smallest absolute Gasteiger partial charge is 0.383 e.